The number of carboxylic acids is 1. The number of hydrogen-bond donors (Lipinski definition) is 5. The molecule has 0 amide bonds. The number of aromatic nitrogens is 4. The summed E-state index contributed by atoms with van der Waals surface area (Å²) >= 11 is 1.49. The van der Waals surface area contributed by atoms with E-state index in [0.29, 0.717) is 22.3 Å². The summed E-state index contributed by atoms with van der Waals surface area (Å²) in [6.07, 6.45) is 6.76. The van der Waals surface area contributed by atoms with Crippen LogP contribution in [-0.2, 0) is 4.79 Å². The maximum Gasteiger partial charge on any atom is 0.305 e. The van der Waals surface area contributed by atoms with Crippen LogP contribution in [0.4, 0.5) is 19.7 Å². The van der Waals surface area contributed by atoms with Crippen LogP contribution < -0.4 is 16.2 Å². The maximum absolute atomic E-state index is 15.7. The second-order valence-electron chi connectivity index (χ2n) is 13.0. The minimum Gasteiger partial charge on any atom is -0.481 e. The molecule has 1 aliphatic rings. The van der Waals surface area contributed by atoms with Crippen LogP contribution in [0.2, 0.25) is 0 Å². The van der Waals surface area contributed by atoms with Gasteiger partial charge in [0.1, 0.15) is 16.2 Å². The lowest BCUT2D eigenvalue weighted by Crippen LogP contribution is -2.26. The van der Waals surface area contributed by atoms with Crippen molar-refractivity contribution in [1.29, 1.82) is 0 Å². The van der Waals surface area contributed by atoms with Gasteiger partial charge in [0.15, 0.2) is 16.8 Å². The topological polar surface area (TPSA) is 162 Å². The molecule has 4 atom stereocenters. The molecule has 0 saturated heterocycles. The number of aliphatic hydroxyl groups excluding tert-OH is 2. The second kappa shape index (κ2) is 15.5. The fourth-order valence-corrected chi connectivity index (χ4v) is 7.28. The van der Waals surface area contributed by atoms with Crippen LogP contribution in [0.5, 0.6) is 0 Å². The van der Waals surface area contributed by atoms with Crippen molar-refractivity contribution in [3.05, 3.63) is 100 Å². The van der Waals surface area contributed by atoms with Gasteiger partial charge >= 0.3 is 5.97 Å². The third-order valence-corrected chi connectivity index (χ3v) is 9.71. The number of hydrogen-bond acceptors (Lipinski definition) is 10. The molecule has 0 unspecified atom stereocenters. The molecule has 14 heteroatoms. The molecule has 1 aromatic carbocycles. The predicted octanol–water partition coefficient (Wildman–Crippen LogP) is 6.35. The summed E-state index contributed by atoms with van der Waals surface area (Å²) in [6.45, 7) is 3.65. The summed E-state index contributed by atoms with van der Waals surface area (Å²) in [5.41, 5.74) is 2.45. The fraction of sp³-hybridized carbons (Fsp3) is 0.324. The molecular weight excluding hydrogens is 679 g/mol. The largest absolute Gasteiger partial charge is 0.481 e. The molecule has 0 radical (unpaired) electrons. The van der Waals surface area contributed by atoms with Gasteiger partial charge in [-0.2, -0.15) is 0 Å². The lowest BCUT2D eigenvalue weighted by Gasteiger charge is -2.20. The zero-order valence-corrected chi connectivity index (χ0v) is 28.8. The first-order valence-corrected chi connectivity index (χ1v) is 17.5. The lowest BCUT2D eigenvalue weighted by atomic mass is 9.91. The number of thiazole rings is 1. The molecule has 51 heavy (non-hydrogen) atoms. The lowest BCUT2D eigenvalue weighted by molar-refractivity contribution is -0.139. The average Bonchev–Trinajstić information content (AvgIpc) is 3.70. The molecular formula is C37H38F2N6O5S. The molecule has 0 aliphatic heterocycles. The Balaban J connectivity index is 1.26. The number of benzene rings is 1. The highest BCUT2D eigenvalue weighted by Crippen LogP contribution is 2.32. The molecule has 6 rings (SSSR count). The molecule has 1 aliphatic carbocycles. The van der Waals surface area contributed by atoms with E-state index in [0.717, 1.165) is 34.7 Å². The minimum atomic E-state index is -1.27. The number of halogens is 2. The molecule has 266 valence electrons. The highest BCUT2D eigenvalue weighted by Gasteiger charge is 2.27. The monoisotopic (exact) mass is 716 g/mol. The van der Waals surface area contributed by atoms with Gasteiger partial charge in [-0.15, -0.1) is 0 Å². The van der Waals surface area contributed by atoms with Crippen molar-refractivity contribution in [3.8, 4) is 16.8 Å². The number of pyridine rings is 3. The Morgan fingerprint density at radius 1 is 1.10 bits per heavy atom. The zero-order valence-electron chi connectivity index (χ0n) is 28.0. The maximum atomic E-state index is 15.7. The SMILES string of the molecule is CC(C)c1c(/C=C/[C@@H](O)C[C@@H](O)CC(=O)O)c(-c2ccc(F)cc2)cn(-c2cnc(N[C@H]3CC[C@H](Nc4nc5cccnc5s4)C3)c(F)c2)c1=O. The third kappa shape index (κ3) is 8.47. The normalized spacial score (nSPS) is 17.3. The van der Waals surface area contributed by atoms with Gasteiger partial charge in [-0.1, -0.05) is 49.5 Å². The van der Waals surface area contributed by atoms with Crippen molar-refractivity contribution in [2.75, 3.05) is 10.6 Å². The molecule has 5 N–H and O–H groups in total. The van der Waals surface area contributed by atoms with Gasteiger partial charge in [0.05, 0.1) is 30.5 Å². The number of aliphatic hydroxyl groups is 2. The highest BCUT2D eigenvalue weighted by atomic mass is 32.1. The van der Waals surface area contributed by atoms with E-state index < -0.39 is 41.8 Å². The van der Waals surface area contributed by atoms with Crippen LogP contribution in [0, 0.1) is 11.6 Å². The number of anilines is 2. The Kier molecular flexibility index (Phi) is 10.8. The van der Waals surface area contributed by atoms with Crippen LogP contribution in [0.1, 0.15) is 63.0 Å². The Hall–Kier alpha value is -5.05. The van der Waals surface area contributed by atoms with Crippen molar-refractivity contribution in [2.45, 2.75) is 76.2 Å². The molecule has 4 aromatic heterocycles. The molecule has 4 heterocycles. The Bertz CT molecular complexity index is 2090. The Morgan fingerprint density at radius 2 is 1.84 bits per heavy atom. The zero-order chi connectivity index (χ0) is 36.2. The second-order valence-corrected chi connectivity index (χ2v) is 14.0. The summed E-state index contributed by atoms with van der Waals surface area (Å²) in [5.74, 6) is -2.54. The number of nitrogens with zero attached hydrogens (tertiary/aromatic N) is 4. The first-order valence-electron chi connectivity index (χ1n) is 16.7. The summed E-state index contributed by atoms with van der Waals surface area (Å²) < 4.78 is 30.9. The smallest absolute Gasteiger partial charge is 0.305 e. The number of fused-ring (bicyclic) bond motifs is 1. The molecule has 1 fully saturated rings. The molecule has 0 spiro atoms. The first kappa shape index (κ1) is 35.8. The van der Waals surface area contributed by atoms with Crippen LogP contribution >= 0.6 is 11.3 Å². The molecule has 5 aromatic rings. The van der Waals surface area contributed by atoms with Crippen molar-refractivity contribution in [3.63, 3.8) is 0 Å². The van der Waals surface area contributed by atoms with Crippen LogP contribution in [0.25, 0.3) is 33.2 Å². The van der Waals surface area contributed by atoms with E-state index in [2.05, 4.69) is 25.6 Å². The van der Waals surface area contributed by atoms with Gasteiger partial charge in [0.2, 0.25) is 0 Å². The van der Waals surface area contributed by atoms with Crippen LogP contribution in [-0.4, -0.2) is 65.1 Å². The number of nitrogens with one attached hydrogen (secondary N) is 2. The van der Waals surface area contributed by atoms with Crippen molar-refractivity contribution >= 4 is 44.7 Å². The van der Waals surface area contributed by atoms with E-state index in [-0.39, 0.29) is 35.9 Å². The van der Waals surface area contributed by atoms with E-state index in [1.165, 1.54) is 52.6 Å². The van der Waals surface area contributed by atoms with E-state index in [4.69, 9.17) is 5.11 Å². The summed E-state index contributed by atoms with van der Waals surface area (Å²) in [7, 11) is 0. The van der Waals surface area contributed by atoms with Crippen LogP contribution in [0.3, 0.4) is 0 Å². The highest BCUT2D eigenvalue weighted by molar-refractivity contribution is 7.21. The summed E-state index contributed by atoms with van der Waals surface area (Å²) in [6, 6.07) is 10.8. The van der Waals surface area contributed by atoms with Crippen molar-refractivity contribution < 1.29 is 28.9 Å². The van der Waals surface area contributed by atoms with E-state index in [1.807, 2.05) is 26.0 Å². The summed E-state index contributed by atoms with van der Waals surface area (Å²) in [4.78, 5) is 39.2. The predicted molar refractivity (Wildman–Crippen MR) is 193 cm³/mol. The Labute approximate surface area is 296 Å². The fourth-order valence-electron chi connectivity index (χ4n) is 6.39. The van der Waals surface area contributed by atoms with Gasteiger partial charge in [-0.05, 0) is 60.6 Å². The summed E-state index contributed by atoms with van der Waals surface area (Å²) in [5, 5.41) is 37.0. The first-order chi connectivity index (χ1) is 24.4. The standard InChI is InChI=1S/C37H38F2N6O5S/c1-20(2)33-28(12-11-26(46)16-27(47)17-32(48)49)29(21-5-7-22(38)8-6-21)19-45(36(33)50)25-15-30(39)34(41-18-25)42-23-9-10-24(14-23)43-37-44-31-4-3-13-40-35(31)51-37/h3-8,11-13,15,18-20,23-24,26-27,46-47H,9-10,14,16-17H2,1-2H3,(H,41,42)(H,43,44)(H,48,49)/b12-11+/t23-,24-,26+,27+/m0/s1. The molecule has 1 saturated carbocycles. The van der Waals surface area contributed by atoms with Crippen molar-refractivity contribution in [1.82, 2.24) is 19.5 Å². The van der Waals surface area contributed by atoms with Gasteiger partial charge in [0, 0.05) is 48.1 Å². The van der Waals surface area contributed by atoms with E-state index >= 15 is 4.39 Å². The number of carboxylic acid groups (broad SMARTS) is 1. The quantitative estimate of drug-likeness (QED) is 0.0928. The number of carbonyl (C=O) groups is 1. The van der Waals surface area contributed by atoms with Gasteiger partial charge in [-0.3, -0.25) is 14.2 Å². The Morgan fingerprint density at radius 3 is 2.53 bits per heavy atom. The average molecular weight is 717 g/mol. The van der Waals surface area contributed by atoms with Crippen molar-refractivity contribution in [2.24, 2.45) is 0 Å². The van der Waals surface area contributed by atoms with E-state index in [9.17, 15) is 24.2 Å². The van der Waals surface area contributed by atoms with Crippen LogP contribution in [0.15, 0.2) is 71.9 Å². The third-order valence-electron chi connectivity index (χ3n) is 8.80. The van der Waals surface area contributed by atoms with E-state index in [1.54, 1.807) is 24.4 Å². The number of rotatable bonds is 13. The number of aliphatic carboxylic acids is 1. The van der Waals surface area contributed by atoms with Gasteiger partial charge < -0.3 is 26.0 Å². The van der Waals surface area contributed by atoms with Gasteiger partial charge in [-0.25, -0.2) is 23.7 Å². The van der Waals surface area contributed by atoms with Gasteiger partial charge in [0.25, 0.3) is 5.56 Å². The molecule has 0 bridgehead atoms. The minimum absolute atomic E-state index is 0.0325. The molecule has 11 nitrogen and oxygen atoms in total.